The van der Waals surface area contributed by atoms with E-state index in [9.17, 15) is 25.1 Å². The zero-order chi connectivity index (χ0) is 44.9. The van der Waals surface area contributed by atoms with E-state index in [2.05, 4.69) is 26.9 Å². The van der Waals surface area contributed by atoms with Crippen molar-refractivity contribution < 1.29 is 43.5 Å². The van der Waals surface area contributed by atoms with E-state index in [1.54, 1.807) is 13.2 Å². The van der Waals surface area contributed by atoms with E-state index >= 15 is 4.79 Å². The molecule has 3 aromatic rings. The number of likely N-dealkylation sites (N-methyl/N-ethyl adjacent to an activating group) is 1. The Morgan fingerprint density at radius 3 is 2.46 bits per heavy atom. The normalized spacial score (nSPS) is 35.4. The van der Waals surface area contributed by atoms with Crippen LogP contribution in [0.2, 0.25) is 0 Å². The number of carbonyl (C=O) groups is 3. The lowest BCUT2D eigenvalue weighted by Crippen LogP contribution is -2.81. The highest BCUT2D eigenvalue weighted by atomic mass is 16.6. The minimum absolute atomic E-state index is 0.150. The van der Waals surface area contributed by atoms with Gasteiger partial charge in [0, 0.05) is 97.0 Å². The largest absolute Gasteiger partial charge is 0.496 e. The summed E-state index contributed by atoms with van der Waals surface area (Å²) in [5.41, 5.74) is -1.36. The Morgan fingerprint density at radius 1 is 1.00 bits per heavy atom. The van der Waals surface area contributed by atoms with Gasteiger partial charge < -0.3 is 39.0 Å². The number of nitrogens with zero attached hydrogens (tertiary/aromatic N) is 4. The quantitative estimate of drug-likeness (QED) is 0.125. The highest BCUT2D eigenvalue weighted by Gasteiger charge is 2.80. The second kappa shape index (κ2) is 15.2. The first-order chi connectivity index (χ1) is 30.2. The monoisotopic (exact) mass is 861 g/mol. The fourth-order valence-electron chi connectivity index (χ4n) is 13.8. The van der Waals surface area contributed by atoms with Gasteiger partial charge in [-0.1, -0.05) is 32.1 Å². The topological polar surface area (TPSA) is 178 Å². The van der Waals surface area contributed by atoms with E-state index in [0.717, 1.165) is 27.6 Å². The zero-order valence-corrected chi connectivity index (χ0v) is 37.3. The number of aromatic nitrogens is 1. The second-order valence-electron chi connectivity index (χ2n) is 18.9. The smallest absolute Gasteiger partial charge is 0.344 e. The summed E-state index contributed by atoms with van der Waals surface area (Å²) in [5.74, 6) is -1.74. The Hall–Kier alpha value is -5.20. The number of rotatable bonds is 8. The van der Waals surface area contributed by atoms with Crippen molar-refractivity contribution in [2.24, 2.45) is 11.3 Å². The molecule has 14 heteroatoms. The van der Waals surface area contributed by atoms with Gasteiger partial charge in [0.25, 0.3) is 0 Å². The van der Waals surface area contributed by atoms with Crippen LogP contribution in [0.15, 0.2) is 48.6 Å². The average molecular weight is 862 g/mol. The molecule has 334 valence electrons. The van der Waals surface area contributed by atoms with Crippen molar-refractivity contribution in [1.29, 1.82) is 5.26 Å². The first-order valence-corrected chi connectivity index (χ1v) is 22.3. The van der Waals surface area contributed by atoms with E-state index in [1.807, 2.05) is 62.2 Å². The van der Waals surface area contributed by atoms with Crippen molar-refractivity contribution in [3.63, 3.8) is 0 Å². The SMILES string of the molecule is CC[C@]1(O)C[C@H]2CN(CCc3c([nH]c4ccc(/C=C/C#N)cc34)[C@@](C(=O)OC)(c3cc4c(cc3OC)N(C)C3[C@]45CCN4CC=C[C@@](CC)([C@@H](OC(C)=O)[C@]3(O)C(=O)OC)[C@H]45)C2)C1. The van der Waals surface area contributed by atoms with Gasteiger partial charge in [-0.3, -0.25) is 19.4 Å². The van der Waals surface area contributed by atoms with Gasteiger partial charge in [-0.2, -0.15) is 5.26 Å². The van der Waals surface area contributed by atoms with Gasteiger partial charge in [-0.25, -0.2) is 4.79 Å². The molecule has 3 N–H and O–H groups in total. The van der Waals surface area contributed by atoms with Crippen LogP contribution in [0.1, 0.15) is 80.8 Å². The summed E-state index contributed by atoms with van der Waals surface area (Å²) in [6, 6.07) is 10.8. The Bertz CT molecular complexity index is 2490. The molecule has 63 heavy (non-hydrogen) atoms. The molecule has 1 aromatic heterocycles. The van der Waals surface area contributed by atoms with E-state index in [4.69, 9.17) is 18.9 Å². The summed E-state index contributed by atoms with van der Waals surface area (Å²) in [7, 11) is 6.08. The van der Waals surface area contributed by atoms with Crippen molar-refractivity contribution >= 4 is 40.6 Å². The molecule has 3 fully saturated rings. The summed E-state index contributed by atoms with van der Waals surface area (Å²) >= 11 is 0. The van der Waals surface area contributed by atoms with E-state index in [-0.39, 0.29) is 18.4 Å². The van der Waals surface area contributed by atoms with Gasteiger partial charge in [-0.05, 0) is 92.0 Å². The maximum atomic E-state index is 15.5. The third-order valence-electron chi connectivity index (χ3n) is 16.1. The van der Waals surface area contributed by atoms with Crippen LogP contribution in [0, 0.1) is 22.7 Å². The molecule has 1 spiro atoms. The molecule has 2 bridgehead atoms. The number of methoxy groups -OCH3 is 3. The van der Waals surface area contributed by atoms with E-state index < -0.39 is 57.5 Å². The number of H-pyrrole nitrogens is 1. The van der Waals surface area contributed by atoms with Crippen LogP contribution in [-0.4, -0.2) is 133 Å². The molecule has 1 aliphatic carbocycles. The Kier molecular flexibility index (Phi) is 10.4. The second-order valence-corrected chi connectivity index (χ2v) is 18.9. The zero-order valence-electron chi connectivity index (χ0n) is 37.3. The number of piperidine rings is 1. The summed E-state index contributed by atoms with van der Waals surface area (Å²) in [6.07, 6.45) is 8.85. The van der Waals surface area contributed by atoms with Crippen LogP contribution in [0.5, 0.6) is 5.75 Å². The summed E-state index contributed by atoms with van der Waals surface area (Å²) < 4.78 is 24.0. The standard InChI is InChI=1S/C49H59N5O9/c1-8-45(58)25-31-26-48(43(56)61-6,39-32(15-20-53(27-31)28-45)33-22-30(12-10-18-50)13-14-36(33)51-39)35-23-34-37(24-38(35)60-5)52(4)41-47(34)17-21-54-19-11-16-46(9-2,40(47)54)42(63-29(3)55)49(41,59)44(57)62-7/h10-14,16,22-24,31,40-42,51,58-59H,8-9,15,17,19-21,25-28H2,1-7H3/b12-10+/t31-,40+,41?,42-,45+,46-,47-,48+,49+/m1/s1. The minimum Gasteiger partial charge on any atom is -0.496 e. The molecule has 14 nitrogen and oxygen atoms in total. The first kappa shape index (κ1) is 43.1. The maximum absolute atomic E-state index is 15.5. The summed E-state index contributed by atoms with van der Waals surface area (Å²) in [4.78, 5) is 53.4. The molecule has 6 aliphatic rings. The van der Waals surface area contributed by atoms with Crippen molar-refractivity contribution in [3.8, 4) is 11.8 Å². The molecule has 6 heterocycles. The number of allylic oxidation sites excluding steroid dienone is 1. The number of aromatic amines is 1. The third kappa shape index (κ3) is 5.85. The Labute approximate surface area is 368 Å². The first-order valence-electron chi connectivity index (χ1n) is 22.3. The molecule has 5 aliphatic heterocycles. The Balaban J connectivity index is 1.37. The number of hydrogen-bond acceptors (Lipinski definition) is 13. The Morgan fingerprint density at radius 2 is 1.78 bits per heavy atom. The van der Waals surface area contributed by atoms with E-state index in [0.29, 0.717) is 87.5 Å². The van der Waals surface area contributed by atoms with Crippen LogP contribution < -0.4 is 9.64 Å². The molecule has 2 aromatic carbocycles. The summed E-state index contributed by atoms with van der Waals surface area (Å²) in [6.45, 7) is 8.38. The fraction of sp³-hybridized carbons (Fsp3) is 0.551. The predicted octanol–water partition coefficient (Wildman–Crippen LogP) is 4.53. The molecule has 0 amide bonds. The van der Waals surface area contributed by atoms with Crippen LogP contribution in [-0.2, 0) is 45.8 Å². The number of benzene rings is 2. The molecule has 2 unspecified atom stereocenters. The molecule has 1 saturated carbocycles. The lowest BCUT2D eigenvalue weighted by atomic mass is 9.47. The molecular weight excluding hydrogens is 803 g/mol. The van der Waals surface area contributed by atoms with Crippen LogP contribution in [0.3, 0.4) is 0 Å². The lowest BCUT2D eigenvalue weighted by Gasteiger charge is -2.63. The van der Waals surface area contributed by atoms with Crippen molar-refractivity contribution in [2.45, 2.75) is 99.5 Å². The molecule has 10 atom stereocenters. The maximum Gasteiger partial charge on any atom is 0.344 e. The number of anilines is 1. The fourth-order valence-corrected chi connectivity index (χ4v) is 13.8. The number of ether oxygens (including phenoxy) is 4. The number of fused-ring (bicyclic) bond motifs is 6. The predicted molar refractivity (Wildman–Crippen MR) is 235 cm³/mol. The van der Waals surface area contributed by atoms with Crippen molar-refractivity contribution in [3.05, 3.63) is 76.5 Å². The van der Waals surface area contributed by atoms with Gasteiger partial charge in [0.1, 0.15) is 11.2 Å². The van der Waals surface area contributed by atoms with Crippen molar-refractivity contribution in [2.75, 3.05) is 66.0 Å². The molecule has 0 radical (unpaired) electrons. The number of carbonyl (C=O) groups excluding carboxylic acids is 3. The number of nitriles is 1. The minimum atomic E-state index is -2.33. The van der Waals surface area contributed by atoms with Crippen LogP contribution in [0.4, 0.5) is 5.69 Å². The van der Waals surface area contributed by atoms with Gasteiger partial charge in [-0.15, -0.1) is 0 Å². The number of nitrogens with one attached hydrogen (secondary N) is 1. The highest BCUT2D eigenvalue weighted by molar-refractivity contribution is 5.95. The number of hydrogen-bond donors (Lipinski definition) is 3. The van der Waals surface area contributed by atoms with Crippen LogP contribution >= 0.6 is 0 Å². The van der Waals surface area contributed by atoms with Crippen molar-refractivity contribution in [1.82, 2.24) is 14.8 Å². The van der Waals surface area contributed by atoms with Gasteiger partial charge in [0.2, 0.25) is 5.60 Å². The van der Waals surface area contributed by atoms with Gasteiger partial charge in [0.15, 0.2) is 6.10 Å². The van der Waals surface area contributed by atoms with Gasteiger partial charge in [0.05, 0.1) is 39.0 Å². The van der Waals surface area contributed by atoms with Crippen LogP contribution in [0.25, 0.3) is 17.0 Å². The highest BCUT2D eigenvalue weighted by Crippen LogP contribution is 2.68. The number of aliphatic hydroxyl groups is 2. The average Bonchev–Trinajstić information content (AvgIpc) is 3.94. The number of esters is 3. The molecule has 9 rings (SSSR count). The lowest BCUT2D eigenvalue weighted by molar-refractivity contribution is -0.228. The molecular formula is C49H59N5O9. The third-order valence-corrected chi connectivity index (χ3v) is 16.1. The van der Waals surface area contributed by atoms with E-state index in [1.165, 1.54) is 27.2 Å². The summed E-state index contributed by atoms with van der Waals surface area (Å²) in [5, 5.41) is 35.7. The van der Waals surface area contributed by atoms with Gasteiger partial charge >= 0.3 is 17.9 Å². The molecule has 2 saturated heterocycles.